The van der Waals surface area contributed by atoms with Crippen molar-refractivity contribution in [2.24, 2.45) is 0 Å². The molecule has 1 heterocycles. The molecule has 2 N–H and O–H groups in total. The monoisotopic (exact) mass is 342 g/mol. The highest BCUT2D eigenvalue weighted by atomic mass is 16.5. The molecule has 1 aliphatic rings. The molecule has 24 heavy (non-hydrogen) atoms. The van der Waals surface area contributed by atoms with E-state index in [0.717, 1.165) is 64.5 Å². The number of rotatable bonds is 12. The van der Waals surface area contributed by atoms with Gasteiger partial charge in [-0.05, 0) is 25.7 Å². The summed E-state index contributed by atoms with van der Waals surface area (Å²) in [6, 6.07) is 1.08. The molecule has 2 unspecified atom stereocenters. The lowest BCUT2D eigenvalue weighted by molar-refractivity contribution is -0.142. The molecule has 6 nitrogen and oxygen atoms in total. The van der Waals surface area contributed by atoms with Crippen LogP contribution in [-0.2, 0) is 19.1 Å². The third-order valence-electron chi connectivity index (χ3n) is 4.26. The lowest BCUT2D eigenvalue weighted by Crippen LogP contribution is -2.54. The number of carbonyl (C=O) groups excluding carboxylic acids is 2. The second kappa shape index (κ2) is 13.2. The third kappa shape index (κ3) is 11.4. The number of ether oxygens (including phenoxy) is 2. The first-order valence-corrected chi connectivity index (χ1v) is 9.31. The van der Waals surface area contributed by atoms with Crippen LogP contribution < -0.4 is 10.6 Å². The molecule has 2 atom stereocenters. The van der Waals surface area contributed by atoms with Gasteiger partial charge in [0.1, 0.15) is 0 Å². The van der Waals surface area contributed by atoms with Crippen molar-refractivity contribution in [2.75, 3.05) is 26.3 Å². The summed E-state index contributed by atoms with van der Waals surface area (Å²) in [6.45, 7) is 6.06. The van der Waals surface area contributed by atoms with Crippen molar-refractivity contribution in [3.8, 4) is 0 Å². The van der Waals surface area contributed by atoms with Crippen LogP contribution in [0.4, 0.5) is 0 Å². The van der Waals surface area contributed by atoms with E-state index in [2.05, 4.69) is 10.6 Å². The number of hydrogen-bond donors (Lipinski definition) is 2. The van der Waals surface area contributed by atoms with Gasteiger partial charge in [-0.2, -0.15) is 0 Å². The van der Waals surface area contributed by atoms with Crippen molar-refractivity contribution >= 4 is 11.9 Å². The van der Waals surface area contributed by atoms with Crippen molar-refractivity contribution in [3.63, 3.8) is 0 Å². The van der Waals surface area contributed by atoms with Gasteiger partial charge < -0.3 is 20.1 Å². The van der Waals surface area contributed by atoms with Crippen LogP contribution in [0.1, 0.15) is 65.2 Å². The van der Waals surface area contributed by atoms with E-state index in [1.807, 2.05) is 0 Å². The maximum atomic E-state index is 10.7. The maximum Gasteiger partial charge on any atom is 0.302 e. The first-order valence-electron chi connectivity index (χ1n) is 9.31. The quantitative estimate of drug-likeness (QED) is 0.418. The Morgan fingerprint density at radius 2 is 1.25 bits per heavy atom. The Balaban J connectivity index is 1.99. The highest BCUT2D eigenvalue weighted by Crippen LogP contribution is 2.11. The average Bonchev–Trinajstić information content (AvgIpc) is 2.54. The predicted molar refractivity (Wildman–Crippen MR) is 93.8 cm³/mol. The Bertz CT molecular complexity index is 331. The normalized spacial score (nSPS) is 20.6. The smallest absolute Gasteiger partial charge is 0.302 e. The number of unbranched alkanes of at least 4 members (excludes halogenated alkanes) is 4. The van der Waals surface area contributed by atoms with Crippen molar-refractivity contribution in [2.45, 2.75) is 77.3 Å². The molecule has 0 aromatic carbocycles. The highest BCUT2D eigenvalue weighted by molar-refractivity contribution is 5.66. The van der Waals surface area contributed by atoms with E-state index in [1.165, 1.54) is 13.8 Å². The SMILES string of the molecule is CC(=O)OCCCCCC1CNCC(CCCCCOC(C)=O)N1. The lowest BCUT2D eigenvalue weighted by Gasteiger charge is -2.32. The zero-order valence-electron chi connectivity index (χ0n) is 15.3. The second-order valence-electron chi connectivity index (χ2n) is 6.60. The third-order valence-corrected chi connectivity index (χ3v) is 4.26. The minimum Gasteiger partial charge on any atom is -0.466 e. The van der Waals surface area contributed by atoms with E-state index in [-0.39, 0.29) is 11.9 Å². The number of carbonyl (C=O) groups is 2. The molecule has 1 rings (SSSR count). The number of nitrogens with one attached hydrogen (secondary N) is 2. The fourth-order valence-corrected chi connectivity index (χ4v) is 3.02. The average molecular weight is 342 g/mol. The molecule has 0 amide bonds. The summed E-state index contributed by atoms with van der Waals surface area (Å²) in [5.74, 6) is -0.382. The van der Waals surface area contributed by atoms with Crippen molar-refractivity contribution < 1.29 is 19.1 Å². The van der Waals surface area contributed by atoms with Gasteiger partial charge in [0, 0.05) is 39.0 Å². The molecular weight excluding hydrogens is 308 g/mol. The van der Waals surface area contributed by atoms with Crippen molar-refractivity contribution in [1.29, 1.82) is 0 Å². The summed E-state index contributed by atoms with van der Waals surface area (Å²) in [5.41, 5.74) is 0. The fraction of sp³-hybridized carbons (Fsp3) is 0.889. The Morgan fingerprint density at radius 1 is 0.792 bits per heavy atom. The maximum absolute atomic E-state index is 10.7. The lowest BCUT2D eigenvalue weighted by atomic mass is 10.0. The fourth-order valence-electron chi connectivity index (χ4n) is 3.02. The van der Waals surface area contributed by atoms with Crippen LogP contribution in [0.15, 0.2) is 0 Å². The molecule has 6 heteroatoms. The van der Waals surface area contributed by atoms with Crippen LogP contribution in [0.3, 0.4) is 0 Å². The Morgan fingerprint density at radius 3 is 1.67 bits per heavy atom. The molecule has 0 saturated carbocycles. The summed E-state index contributed by atoms with van der Waals surface area (Å²) in [4.78, 5) is 21.3. The first kappa shape index (κ1) is 20.9. The second-order valence-corrected chi connectivity index (χ2v) is 6.60. The van der Waals surface area contributed by atoms with Crippen LogP contribution in [0.2, 0.25) is 0 Å². The molecule has 0 spiro atoms. The van der Waals surface area contributed by atoms with Crippen LogP contribution >= 0.6 is 0 Å². The van der Waals surface area contributed by atoms with E-state index in [9.17, 15) is 9.59 Å². The van der Waals surface area contributed by atoms with E-state index < -0.39 is 0 Å². The summed E-state index contributed by atoms with van der Waals surface area (Å²) in [6.07, 6.45) is 8.76. The molecule has 1 saturated heterocycles. The van der Waals surface area contributed by atoms with Gasteiger partial charge in [0.15, 0.2) is 0 Å². The van der Waals surface area contributed by atoms with Crippen molar-refractivity contribution in [1.82, 2.24) is 10.6 Å². The number of esters is 2. The summed E-state index contributed by atoms with van der Waals surface area (Å²) >= 11 is 0. The van der Waals surface area contributed by atoms with Crippen molar-refractivity contribution in [3.05, 3.63) is 0 Å². The predicted octanol–water partition coefficient (Wildman–Crippen LogP) is 2.16. The van der Waals surface area contributed by atoms with Gasteiger partial charge in [-0.15, -0.1) is 0 Å². The summed E-state index contributed by atoms with van der Waals surface area (Å²) in [5, 5.41) is 7.26. The van der Waals surface area contributed by atoms with E-state index in [4.69, 9.17) is 9.47 Å². The summed E-state index contributed by atoms with van der Waals surface area (Å²) in [7, 11) is 0. The van der Waals surface area contributed by atoms with Gasteiger partial charge in [0.25, 0.3) is 0 Å². The van der Waals surface area contributed by atoms with Gasteiger partial charge in [0.2, 0.25) is 0 Å². The molecule has 0 bridgehead atoms. The van der Waals surface area contributed by atoms with E-state index in [0.29, 0.717) is 25.3 Å². The number of piperazine rings is 1. The molecule has 0 aromatic rings. The molecule has 0 aromatic heterocycles. The van der Waals surface area contributed by atoms with E-state index >= 15 is 0 Å². The molecule has 0 radical (unpaired) electrons. The molecule has 140 valence electrons. The van der Waals surface area contributed by atoms with Gasteiger partial charge >= 0.3 is 11.9 Å². The zero-order chi connectivity index (χ0) is 17.6. The van der Waals surface area contributed by atoms with Crippen LogP contribution in [0.25, 0.3) is 0 Å². The highest BCUT2D eigenvalue weighted by Gasteiger charge is 2.19. The molecular formula is C18H34N2O4. The van der Waals surface area contributed by atoms with Gasteiger partial charge in [0.05, 0.1) is 13.2 Å². The Labute approximate surface area is 146 Å². The van der Waals surface area contributed by atoms with Crippen LogP contribution in [-0.4, -0.2) is 50.3 Å². The molecule has 1 aliphatic heterocycles. The van der Waals surface area contributed by atoms with Crippen LogP contribution in [0, 0.1) is 0 Å². The minimum absolute atomic E-state index is 0.191. The molecule has 0 aliphatic carbocycles. The standard InChI is InChI=1S/C18H34N2O4/c1-15(21)23-11-7-3-5-9-17-13-19-14-18(20-17)10-6-4-8-12-24-16(2)22/h17-20H,3-14H2,1-2H3. The van der Waals surface area contributed by atoms with Gasteiger partial charge in [-0.3, -0.25) is 9.59 Å². The Hall–Kier alpha value is -1.14. The summed E-state index contributed by atoms with van der Waals surface area (Å²) < 4.78 is 9.88. The first-order chi connectivity index (χ1) is 11.6. The largest absolute Gasteiger partial charge is 0.466 e. The molecule has 1 fully saturated rings. The van der Waals surface area contributed by atoms with Gasteiger partial charge in [-0.25, -0.2) is 0 Å². The van der Waals surface area contributed by atoms with Crippen LogP contribution in [0.5, 0.6) is 0 Å². The Kier molecular flexibility index (Phi) is 11.5. The van der Waals surface area contributed by atoms with E-state index in [1.54, 1.807) is 0 Å². The topological polar surface area (TPSA) is 76.7 Å². The number of hydrogen-bond acceptors (Lipinski definition) is 6. The zero-order valence-corrected chi connectivity index (χ0v) is 15.3. The minimum atomic E-state index is -0.191. The van der Waals surface area contributed by atoms with Gasteiger partial charge in [-0.1, -0.05) is 25.7 Å².